The lowest BCUT2D eigenvalue weighted by Gasteiger charge is -2.14. The zero-order valence-corrected chi connectivity index (χ0v) is 22.1. The van der Waals surface area contributed by atoms with Crippen LogP contribution >= 0.6 is 15.9 Å². The smallest absolute Gasteiger partial charge is 0.346 e. The van der Waals surface area contributed by atoms with Gasteiger partial charge in [-0.15, -0.1) is 0 Å². The fourth-order valence-electron chi connectivity index (χ4n) is 3.92. The van der Waals surface area contributed by atoms with Crippen LogP contribution in [-0.4, -0.2) is 40.0 Å². The molecule has 0 N–H and O–H groups in total. The number of nitrogens with zero attached hydrogens (tertiary/aromatic N) is 4. The maximum Gasteiger partial charge on any atom is 0.346 e. The summed E-state index contributed by atoms with van der Waals surface area (Å²) in [7, 11) is 1.19. The lowest BCUT2D eigenvalue weighted by molar-refractivity contribution is -0.386. The normalized spacial score (nSPS) is 12.2. The molecule has 2 heterocycles. The van der Waals surface area contributed by atoms with Gasteiger partial charge >= 0.3 is 11.7 Å². The van der Waals surface area contributed by atoms with Gasteiger partial charge < -0.3 is 13.9 Å². The SMILES string of the molecule is COC(=O)[C@@H](C)Oc1c(Br)cc(C=Nn2c(-c3cc4ccccc4o3)nc3ccccc3c2=O)cc1[N+](=O)[O-]. The van der Waals surface area contributed by atoms with E-state index in [4.69, 9.17) is 9.15 Å². The third-order valence-corrected chi connectivity index (χ3v) is 6.38. The molecule has 0 radical (unpaired) electrons. The van der Waals surface area contributed by atoms with Gasteiger partial charge in [-0.05, 0) is 53.2 Å². The van der Waals surface area contributed by atoms with Crippen LogP contribution < -0.4 is 10.3 Å². The Morgan fingerprint density at radius 2 is 1.92 bits per heavy atom. The van der Waals surface area contributed by atoms with E-state index in [-0.39, 0.29) is 21.6 Å². The van der Waals surface area contributed by atoms with Crippen molar-refractivity contribution in [2.75, 3.05) is 7.11 Å². The van der Waals surface area contributed by atoms with Gasteiger partial charge in [0.1, 0.15) is 5.58 Å². The maximum absolute atomic E-state index is 13.5. The number of nitro groups is 1. The fraction of sp³-hybridized carbons (Fsp3) is 0.111. The van der Waals surface area contributed by atoms with Crippen molar-refractivity contribution in [1.82, 2.24) is 9.66 Å². The Labute approximate surface area is 228 Å². The summed E-state index contributed by atoms with van der Waals surface area (Å²) in [6.07, 6.45) is 0.202. The van der Waals surface area contributed by atoms with E-state index in [1.54, 1.807) is 36.4 Å². The summed E-state index contributed by atoms with van der Waals surface area (Å²) < 4.78 is 17.4. The molecule has 2 aromatic heterocycles. The second-order valence-corrected chi connectivity index (χ2v) is 9.21. The van der Waals surface area contributed by atoms with Crippen LogP contribution in [0.15, 0.2) is 85.5 Å². The summed E-state index contributed by atoms with van der Waals surface area (Å²) in [5, 5.41) is 17.3. The minimum Gasteiger partial charge on any atom is -0.471 e. The predicted octanol–water partition coefficient (Wildman–Crippen LogP) is 5.30. The highest BCUT2D eigenvalue weighted by molar-refractivity contribution is 9.10. The number of aromatic nitrogens is 2. The number of fused-ring (bicyclic) bond motifs is 2. The molecule has 0 aliphatic rings. The highest BCUT2D eigenvalue weighted by Crippen LogP contribution is 2.37. The Bertz CT molecular complexity index is 1810. The van der Waals surface area contributed by atoms with Crippen LogP contribution in [0, 0.1) is 10.1 Å². The number of halogens is 1. The zero-order valence-electron chi connectivity index (χ0n) is 20.5. The first-order valence-corrected chi connectivity index (χ1v) is 12.3. The Balaban J connectivity index is 1.62. The average Bonchev–Trinajstić information content (AvgIpc) is 3.37. The number of esters is 1. The van der Waals surface area contributed by atoms with Crippen LogP contribution in [0.2, 0.25) is 0 Å². The summed E-state index contributed by atoms with van der Waals surface area (Å²) in [6, 6.07) is 18.7. The van der Waals surface area contributed by atoms with Crippen LogP contribution in [0.3, 0.4) is 0 Å². The molecule has 0 spiro atoms. The largest absolute Gasteiger partial charge is 0.471 e. The van der Waals surface area contributed by atoms with E-state index in [0.717, 1.165) is 10.1 Å². The highest BCUT2D eigenvalue weighted by Gasteiger charge is 2.25. The van der Waals surface area contributed by atoms with E-state index in [2.05, 4.69) is 30.8 Å². The molecule has 3 aromatic carbocycles. The van der Waals surface area contributed by atoms with Crippen LogP contribution in [0.1, 0.15) is 12.5 Å². The Hall–Kier alpha value is -4.84. The zero-order chi connectivity index (χ0) is 27.7. The molecule has 5 rings (SSSR count). The molecule has 5 aromatic rings. The van der Waals surface area contributed by atoms with Crippen molar-refractivity contribution in [3.05, 3.63) is 97.2 Å². The third kappa shape index (κ3) is 5.01. The van der Waals surface area contributed by atoms with E-state index >= 15 is 0 Å². The number of methoxy groups -OCH3 is 1. The molecule has 39 heavy (non-hydrogen) atoms. The van der Waals surface area contributed by atoms with Crippen molar-refractivity contribution >= 4 is 55.7 Å². The molecule has 0 amide bonds. The standard InChI is InChI=1S/C27H19BrN4O7/c1-15(27(34)37-2)38-24-19(28)11-16(12-21(24)32(35)36)14-29-31-25(23-13-17-7-3-6-10-22(17)39-23)30-20-9-5-4-8-18(20)26(31)33/h3-15H,1-2H3/t15-/m1/s1. The summed E-state index contributed by atoms with van der Waals surface area (Å²) in [4.78, 5) is 41.0. The molecule has 0 aliphatic heterocycles. The third-order valence-electron chi connectivity index (χ3n) is 5.79. The Kier molecular flexibility index (Phi) is 6.94. The van der Waals surface area contributed by atoms with E-state index in [1.165, 1.54) is 32.4 Å². The number of ether oxygens (including phenoxy) is 2. The van der Waals surface area contributed by atoms with Gasteiger partial charge in [0.05, 0.1) is 33.6 Å². The average molecular weight is 591 g/mol. The van der Waals surface area contributed by atoms with Crippen LogP contribution in [0.4, 0.5) is 5.69 Å². The monoisotopic (exact) mass is 590 g/mol. The van der Waals surface area contributed by atoms with Crippen molar-refractivity contribution in [2.24, 2.45) is 5.10 Å². The molecule has 0 saturated heterocycles. The minimum absolute atomic E-state index is 0.150. The van der Waals surface area contributed by atoms with Gasteiger partial charge in [0.25, 0.3) is 5.56 Å². The Morgan fingerprint density at radius 3 is 2.67 bits per heavy atom. The maximum atomic E-state index is 13.5. The number of para-hydroxylation sites is 2. The molecule has 0 saturated carbocycles. The van der Waals surface area contributed by atoms with Crippen molar-refractivity contribution in [3.63, 3.8) is 0 Å². The molecular formula is C27H19BrN4O7. The van der Waals surface area contributed by atoms with Crippen molar-refractivity contribution in [3.8, 4) is 17.3 Å². The molecule has 0 aliphatic carbocycles. The van der Waals surface area contributed by atoms with Crippen molar-refractivity contribution < 1.29 is 23.6 Å². The number of carbonyl (C=O) groups is 1. The molecule has 0 unspecified atom stereocenters. The van der Waals surface area contributed by atoms with Gasteiger partial charge in [0.2, 0.25) is 11.6 Å². The lowest BCUT2D eigenvalue weighted by Crippen LogP contribution is -2.25. The molecular weight excluding hydrogens is 572 g/mol. The Morgan fingerprint density at radius 1 is 1.18 bits per heavy atom. The molecule has 0 fully saturated rings. The molecule has 11 nitrogen and oxygen atoms in total. The van der Waals surface area contributed by atoms with Gasteiger partial charge in [-0.1, -0.05) is 30.3 Å². The first-order chi connectivity index (χ1) is 18.8. The van der Waals surface area contributed by atoms with E-state index in [9.17, 15) is 19.7 Å². The first-order valence-electron chi connectivity index (χ1n) is 11.5. The topological polar surface area (TPSA) is 139 Å². The number of benzene rings is 3. The van der Waals surface area contributed by atoms with Crippen molar-refractivity contribution in [1.29, 1.82) is 0 Å². The quantitative estimate of drug-likeness (QED) is 0.108. The van der Waals surface area contributed by atoms with Gasteiger partial charge in [-0.2, -0.15) is 9.78 Å². The number of hydrogen-bond donors (Lipinski definition) is 0. The predicted molar refractivity (Wildman–Crippen MR) is 147 cm³/mol. The fourth-order valence-corrected chi connectivity index (χ4v) is 4.48. The second kappa shape index (κ2) is 10.5. The molecule has 1 atom stereocenters. The summed E-state index contributed by atoms with van der Waals surface area (Å²) in [5.41, 5.74) is 0.490. The summed E-state index contributed by atoms with van der Waals surface area (Å²) in [6.45, 7) is 1.41. The minimum atomic E-state index is -1.09. The number of furan rings is 1. The van der Waals surface area contributed by atoms with E-state index < -0.39 is 28.2 Å². The molecule has 12 heteroatoms. The second-order valence-electron chi connectivity index (χ2n) is 8.35. The van der Waals surface area contributed by atoms with Crippen LogP contribution in [-0.2, 0) is 9.53 Å². The number of nitro benzene ring substituents is 1. The van der Waals surface area contributed by atoms with E-state index in [0.29, 0.717) is 22.2 Å². The number of hydrogen-bond acceptors (Lipinski definition) is 9. The van der Waals surface area contributed by atoms with Gasteiger partial charge in [-0.3, -0.25) is 14.9 Å². The summed E-state index contributed by atoms with van der Waals surface area (Å²) in [5.74, 6) is -0.360. The van der Waals surface area contributed by atoms with Crippen molar-refractivity contribution in [2.45, 2.75) is 13.0 Å². The highest BCUT2D eigenvalue weighted by atomic mass is 79.9. The number of carbonyl (C=O) groups excluding carboxylic acids is 1. The van der Waals surface area contributed by atoms with Gasteiger partial charge in [0, 0.05) is 17.0 Å². The summed E-state index contributed by atoms with van der Waals surface area (Å²) >= 11 is 3.27. The molecule has 196 valence electrons. The first kappa shape index (κ1) is 25.8. The van der Waals surface area contributed by atoms with Crippen LogP contribution in [0.5, 0.6) is 5.75 Å². The number of rotatable bonds is 7. The molecule has 0 bridgehead atoms. The van der Waals surface area contributed by atoms with Gasteiger partial charge in [0.15, 0.2) is 11.9 Å². The lowest BCUT2D eigenvalue weighted by atomic mass is 10.2. The van der Waals surface area contributed by atoms with Gasteiger partial charge in [-0.25, -0.2) is 9.78 Å². The van der Waals surface area contributed by atoms with E-state index in [1.807, 2.05) is 18.2 Å². The van der Waals surface area contributed by atoms with Crippen LogP contribution in [0.25, 0.3) is 33.5 Å².